The fourth-order valence-electron chi connectivity index (χ4n) is 3.59. The number of hydrogen-bond donors (Lipinski definition) is 2. The lowest BCUT2D eigenvalue weighted by Crippen LogP contribution is -2.29. The zero-order valence-electron chi connectivity index (χ0n) is 14.5. The normalized spacial score (nSPS) is 15.3. The van der Waals surface area contributed by atoms with Gasteiger partial charge in [0.05, 0.1) is 11.7 Å². The lowest BCUT2D eigenvalue weighted by molar-refractivity contribution is 0.0930. The summed E-state index contributed by atoms with van der Waals surface area (Å²) in [6.07, 6.45) is 1.73. The molecule has 0 fully saturated rings. The Morgan fingerprint density at radius 1 is 1.07 bits per heavy atom. The molecule has 132 valence electrons. The first-order chi connectivity index (χ1) is 13.3. The minimum Gasteiger partial charge on any atom is -0.491 e. The summed E-state index contributed by atoms with van der Waals surface area (Å²) in [7, 11) is 0. The molecule has 0 spiro atoms. The highest BCUT2D eigenvalue weighted by Gasteiger charge is 2.25. The van der Waals surface area contributed by atoms with E-state index in [0.717, 1.165) is 33.3 Å². The minimum absolute atomic E-state index is 0.103. The Bertz CT molecular complexity index is 1140. The zero-order chi connectivity index (χ0) is 18.2. The zero-order valence-corrected chi connectivity index (χ0v) is 14.5. The van der Waals surface area contributed by atoms with Crippen LogP contribution in [0.5, 0.6) is 5.75 Å². The van der Waals surface area contributed by atoms with Crippen molar-refractivity contribution in [3.05, 3.63) is 84.1 Å². The van der Waals surface area contributed by atoms with Gasteiger partial charge in [-0.1, -0.05) is 42.5 Å². The number of nitrogens with zero attached hydrogens (tertiary/aromatic N) is 1. The van der Waals surface area contributed by atoms with Crippen molar-refractivity contribution in [3.8, 4) is 17.0 Å². The molecule has 1 unspecified atom stereocenters. The number of rotatable bonds is 3. The van der Waals surface area contributed by atoms with Gasteiger partial charge in [0, 0.05) is 22.9 Å². The van der Waals surface area contributed by atoms with Crippen LogP contribution in [-0.4, -0.2) is 22.7 Å². The fraction of sp³-hybridized carbons (Fsp3) is 0.0909. The summed E-state index contributed by atoms with van der Waals surface area (Å²) in [6.45, 7) is 0.461. The Morgan fingerprint density at radius 2 is 2.00 bits per heavy atom. The summed E-state index contributed by atoms with van der Waals surface area (Å²) in [6, 6.07) is 21.4. The predicted octanol–water partition coefficient (Wildman–Crippen LogP) is 4.09. The Morgan fingerprint density at radius 3 is 2.89 bits per heavy atom. The molecular formula is C22H17N3O2. The van der Waals surface area contributed by atoms with E-state index in [2.05, 4.69) is 15.5 Å². The Labute approximate surface area is 156 Å². The smallest absolute Gasteiger partial charge is 0.251 e. The molecule has 3 aromatic carbocycles. The third-order valence-electron chi connectivity index (χ3n) is 4.94. The topological polar surface area (TPSA) is 67.0 Å². The summed E-state index contributed by atoms with van der Waals surface area (Å²) in [5, 5.41) is 12.2. The number of aromatic nitrogens is 2. The lowest BCUT2D eigenvalue weighted by atomic mass is 9.99. The number of nitrogens with one attached hydrogen (secondary N) is 2. The van der Waals surface area contributed by atoms with E-state index in [0.29, 0.717) is 12.2 Å². The van der Waals surface area contributed by atoms with E-state index < -0.39 is 0 Å². The van der Waals surface area contributed by atoms with Crippen LogP contribution in [0.2, 0.25) is 0 Å². The van der Waals surface area contributed by atoms with E-state index in [1.54, 1.807) is 6.20 Å². The number of hydrogen-bond acceptors (Lipinski definition) is 3. The first-order valence-electron chi connectivity index (χ1n) is 8.85. The third kappa shape index (κ3) is 2.73. The van der Waals surface area contributed by atoms with Gasteiger partial charge in [0.25, 0.3) is 5.91 Å². The number of fused-ring (bicyclic) bond motifs is 2. The van der Waals surface area contributed by atoms with E-state index in [9.17, 15) is 4.79 Å². The van der Waals surface area contributed by atoms with Gasteiger partial charge in [0.15, 0.2) is 0 Å². The van der Waals surface area contributed by atoms with E-state index in [1.807, 2.05) is 66.7 Å². The van der Waals surface area contributed by atoms with Gasteiger partial charge < -0.3 is 10.1 Å². The van der Waals surface area contributed by atoms with Gasteiger partial charge >= 0.3 is 0 Å². The number of carbonyl (C=O) groups is 1. The number of para-hydroxylation sites is 1. The van der Waals surface area contributed by atoms with Gasteiger partial charge in [-0.25, -0.2) is 0 Å². The van der Waals surface area contributed by atoms with Gasteiger partial charge in [-0.05, 0) is 35.0 Å². The SMILES string of the molecule is O=C(NC1COc2ccccc21)c1ccc2c(-c3ccn[nH]3)cccc2c1. The molecule has 1 aliphatic heterocycles. The van der Waals surface area contributed by atoms with E-state index in [4.69, 9.17) is 4.74 Å². The largest absolute Gasteiger partial charge is 0.491 e. The fourth-order valence-corrected chi connectivity index (χ4v) is 3.59. The summed E-state index contributed by atoms with van der Waals surface area (Å²) in [5.74, 6) is 0.736. The van der Waals surface area contributed by atoms with Crippen molar-refractivity contribution in [2.24, 2.45) is 0 Å². The minimum atomic E-state index is -0.124. The maximum atomic E-state index is 12.8. The van der Waals surface area contributed by atoms with E-state index >= 15 is 0 Å². The molecule has 0 radical (unpaired) electrons. The van der Waals surface area contributed by atoms with Gasteiger partial charge in [-0.2, -0.15) is 5.10 Å². The quantitative estimate of drug-likeness (QED) is 0.582. The molecule has 0 saturated carbocycles. The number of amides is 1. The second-order valence-corrected chi connectivity index (χ2v) is 6.59. The number of ether oxygens (including phenoxy) is 1. The van der Waals surface area contributed by atoms with Crippen molar-refractivity contribution < 1.29 is 9.53 Å². The Kier molecular flexibility index (Phi) is 3.64. The van der Waals surface area contributed by atoms with Crippen molar-refractivity contribution in [3.63, 3.8) is 0 Å². The lowest BCUT2D eigenvalue weighted by Gasteiger charge is -2.13. The van der Waals surface area contributed by atoms with Crippen LogP contribution in [0.15, 0.2) is 72.9 Å². The van der Waals surface area contributed by atoms with Crippen LogP contribution < -0.4 is 10.1 Å². The van der Waals surface area contributed by atoms with Crippen molar-refractivity contribution in [1.82, 2.24) is 15.5 Å². The summed E-state index contributed by atoms with van der Waals surface area (Å²) in [4.78, 5) is 12.8. The van der Waals surface area contributed by atoms with Crippen molar-refractivity contribution in [1.29, 1.82) is 0 Å². The van der Waals surface area contributed by atoms with Crippen LogP contribution in [0.3, 0.4) is 0 Å². The molecule has 5 heteroatoms. The molecule has 2 N–H and O–H groups in total. The highest BCUT2D eigenvalue weighted by molar-refractivity contribution is 6.02. The van der Waals surface area contributed by atoms with Crippen LogP contribution in [0.4, 0.5) is 0 Å². The van der Waals surface area contributed by atoms with Crippen LogP contribution in [0, 0.1) is 0 Å². The molecule has 4 aromatic rings. The molecule has 1 aromatic heterocycles. The Balaban J connectivity index is 1.45. The highest BCUT2D eigenvalue weighted by atomic mass is 16.5. The molecule has 1 amide bonds. The van der Waals surface area contributed by atoms with Crippen molar-refractivity contribution in [2.75, 3.05) is 6.61 Å². The predicted molar refractivity (Wildman–Crippen MR) is 104 cm³/mol. The molecule has 0 aliphatic carbocycles. The average Bonchev–Trinajstić information content (AvgIpc) is 3.38. The summed E-state index contributed by atoms with van der Waals surface area (Å²) in [5.41, 5.74) is 3.68. The van der Waals surface area contributed by atoms with Crippen LogP contribution in [0.25, 0.3) is 22.0 Å². The first kappa shape index (κ1) is 15.6. The standard InChI is InChI=1S/C22H17N3O2/c26-22(24-20-13-27-21-7-2-1-5-18(20)21)15-8-9-16-14(12-15)4-3-6-17(16)19-10-11-23-25-19/h1-12,20H,13H2,(H,23,25)(H,24,26). The van der Waals surface area contributed by atoms with Gasteiger partial charge in [-0.3, -0.25) is 9.89 Å². The molecule has 5 rings (SSSR count). The highest BCUT2D eigenvalue weighted by Crippen LogP contribution is 2.32. The molecule has 0 bridgehead atoms. The van der Waals surface area contributed by atoms with Crippen LogP contribution in [-0.2, 0) is 0 Å². The molecule has 1 aliphatic rings. The molecular weight excluding hydrogens is 338 g/mol. The molecule has 27 heavy (non-hydrogen) atoms. The van der Waals surface area contributed by atoms with Gasteiger partial charge in [-0.15, -0.1) is 0 Å². The second-order valence-electron chi connectivity index (χ2n) is 6.59. The molecule has 1 atom stereocenters. The summed E-state index contributed by atoms with van der Waals surface area (Å²) >= 11 is 0. The van der Waals surface area contributed by atoms with Crippen molar-refractivity contribution >= 4 is 16.7 Å². The number of carbonyl (C=O) groups excluding carboxylic acids is 1. The number of benzene rings is 3. The average molecular weight is 355 g/mol. The Hall–Kier alpha value is -3.60. The second kappa shape index (κ2) is 6.29. The molecule has 5 nitrogen and oxygen atoms in total. The van der Waals surface area contributed by atoms with Crippen molar-refractivity contribution in [2.45, 2.75) is 6.04 Å². The molecule has 2 heterocycles. The van der Waals surface area contributed by atoms with E-state index in [1.165, 1.54) is 0 Å². The van der Waals surface area contributed by atoms with Crippen LogP contribution >= 0.6 is 0 Å². The van der Waals surface area contributed by atoms with E-state index in [-0.39, 0.29) is 11.9 Å². The first-order valence-corrected chi connectivity index (χ1v) is 8.85. The maximum Gasteiger partial charge on any atom is 0.251 e. The monoisotopic (exact) mass is 355 g/mol. The van der Waals surface area contributed by atoms with Gasteiger partial charge in [0.1, 0.15) is 12.4 Å². The molecule has 0 saturated heterocycles. The van der Waals surface area contributed by atoms with Gasteiger partial charge in [0.2, 0.25) is 0 Å². The number of H-pyrrole nitrogens is 1. The van der Waals surface area contributed by atoms with Crippen LogP contribution in [0.1, 0.15) is 22.0 Å². The summed E-state index contributed by atoms with van der Waals surface area (Å²) < 4.78 is 5.65. The maximum absolute atomic E-state index is 12.8. The number of aromatic amines is 1. The third-order valence-corrected chi connectivity index (χ3v) is 4.94.